The van der Waals surface area contributed by atoms with Crippen molar-refractivity contribution in [1.82, 2.24) is 20.4 Å². The van der Waals surface area contributed by atoms with Gasteiger partial charge in [-0.1, -0.05) is 27.1 Å². The Labute approximate surface area is 171 Å². The number of hydrogen-bond acceptors (Lipinski definition) is 8. The van der Waals surface area contributed by atoms with Gasteiger partial charge in [0.25, 0.3) is 5.91 Å². The summed E-state index contributed by atoms with van der Waals surface area (Å²) in [6.45, 7) is 2.50. The zero-order valence-electron chi connectivity index (χ0n) is 15.9. The monoisotopic (exact) mass is 418 g/mol. The van der Waals surface area contributed by atoms with Crippen LogP contribution in [0.3, 0.4) is 0 Å². The number of nitrogens with zero attached hydrogens (tertiary/aromatic N) is 4. The summed E-state index contributed by atoms with van der Waals surface area (Å²) in [6.07, 6.45) is 1.66. The fourth-order valence-electron chi connectivity index (χ4n) is 3.34. The van der Waals surface area contributed by atoms with E-state index < -0.39 is 0 Å². The molecule has 1 aliphatic heterocycles. The van der Waals surface area contributed by atoms with Gasteiger partial charge < -0.3 is 18.9 Å². The minimum absolute atomic E-state index is 0.0854. The fraction of sp³-hybridized carbons (Fsp3) is 0.368. The van der Waals surface area contributed by atoms with E-state index in [1.165, 1.54) is 0 Å². The number of carbonyl (C=O) groups is 1. The van der Waals surface area contributed by atoms with Crippen molar-refractivity contribution in [3.63, 3.8) is 0 Å². The van der Waals surface area contributed by atoms with E-state index in [0.717, 1.165) is 12.8 Å². The predicted molar refractivity (Wildman–Crippen MR) is 101 cm³/mol. The van der Waals surface area contributed by atoms with E-state index in [1.54, 1.807) is 36.3 Å². The van der Waals surface area contributed by atoms with E-state index >= 15 is 0 Å². The Morgan fingerprint density at radius 1 is 1.31 bits per heavy atom. The molecular weight excluding hydrogens is 400 g/mol. The van der Waals surface area contributed by atoms with Crippen molar-refractivity contribution < 1.29 is 23.4 Å². The smallest absolute Gasteiger partial charge is 0.276 e. The number of rotatable bonds is 6. The lowest BCUT2D eigenvalue weighted by Crippen LogP contribution is -2.31. The lowest BCUT2D eigenvalue weighted by Gasteiger charge is -2.21. The molecule has 1 saturated heterocycles. The number of methoxy groups -OCH3 is 1. The van der Waals surface area contributed by atoms with E-state index in [2.05, 4.69) is 15.5 Å². The molecule has 0 unspecified atom stereocenters. The van der Waals surface area contributed by atoms with Crippen LogP contribution in [-0.4, -0.2) is 39.9 Å². The van der Waals surface area contributed by atoms with Gasteiger partial charge in [0, 0.05) is 18.7 Å². The second-order valence-electron chi connectivity index (χ2n) is 6.65. The van der Waals surface area contributed by atoms with Crippen LogP contribution in [0.15, 0.2) is 33.4 Å². The summed E-state index contributed by atoms with van der Waals surface area (Å²) in [5.41, 5.74) is 1.57. The highest BCUT2D eigenvalue weighted by Crippen LogP contribution is 2.33. The molecule has 4 rings (SSSR count). The summed E-state index contributed by atoms with van der Waals surface area (Å²) >= 11 is 6.16. The molecule has 9 nitrogen and oxygen atoms in total. The number of benzene rings is 1. The molecule has 1 atom stereocenters. The zero-order valence-corrected chi connectivity index (χ0v) is 16.7. The summed E-state index contributed by atoms with van der Waals surface area (Å²) in [5.74, 6) is 1.29. The molecule has 2 aromatic heterocycles. The molecule has 1 amide bonds. The van der Waals surface area contributed by atoms with Gasteiger partial charge in [0.15, 0.2) is 11.5 Å². The summed E-state index contributed by atoms with van der Waals surface area (Å²) < 4.78 is 20.8. The Morgan fingerprint density at radius 3 is 2.90 bits per heavy atom. The highest BCUT2D eigenvalue weighted by Gasteiger charge is 2.35. The highest BCUT2D eigenvalue weighted by molar-refractivity contribution is 6.32. The molecule has 0 saturated carbocycles. The maximum Gasteiger partial charge on any atom is 0.276 e. The molecule has 0 aliphatic carbocycles. The largest absolute Gasteiger partial charge is 0.497 e. The van der Waals surface area contributed by atoms with Crippen LogP contribution >= 0.6 is 11.6 Å². The summed E-state index contributed by atoms with van der Waals surface area (Å²) in [6, 6.07) is 6.49. The van der Waals surface area contributed by atoms with Crippen LogP contribution in [-0.2, 0) is 6.61 Å². The topological polar surface area (TPSA) is 104 Å². The molecule has 0 bridgehead atoms. The van der Waals surface area contributed by atoms with Crippen molar-refractivity contribution in [2.45, 2.75) is 32.4 Å². The second kappa shape index (κ2) is 8.12. The van der Waals surface area contributed by atoms with Gasteiger partial charge in [-0.25, -0.2) is 4.63 Å². The first-order valence-electron chi connectivity index (χ1n) is 9.08. The molecule has 29 heavy (non-hydrogen) atoms. The summed E-state index contributed by atoms with van der Waals surface area (Å²) in [4.78, 5) is 14.6. The Morgan fingerprint density at radius 2 is 2.17 bits per heavy atom. The predicted octanol–water partition coefficient (Wildman–Crippen LogP) is 3.58. The molecule has 0 N–H and O–H groups in total. The number of carbonyl (C=O) groups excluding carboxylic acids is 1. The summed E-state index contributed by atoms with van der Waals surface area (Å²) in [7, 11) is 1.56. The van der Waals surface area contributed by atoms with E-state index in [4.69, 9.17) is 30.2 Å². The molecule has 1 aliphatic rings. The molecule has 152 valence electrons. The number of ether oxygens (including phenoxy) is 2. The molecule has 3 aromatic rings. The average Bonchev–Trinajstić information content (AvgIpc) is 3.46. The number of aryl methyl sites for hydroxylation is 1. The Bertz CT molecular complexity index is 1020. The van der Waals surface area contributed by atoms with Gasteiger partial charge in [-0.3, -0.25) is 4.79 Å². The number of aromatic nitrogens is 3. The van der Waals surface area contributed by atoms with E-state index in [-0.39, 0.29) is 24.2 Å². The van der Waals surface area contributed by atoms with Gasteiger partial charge in [0.2, 0.25) is 0 Å². The van der Waals surface area contributed by atoms with Crippen molar-refractivity contribution >= 4 is 17.5 Å². The van der Waals surface area contributed by atoms with E-state index in [9.17, 15) is 4.79 Å². The van der Waals surface area contributed by atoms with Gasteiger partial charge >= 0.3 is 0 Å². The summed E-state index contributed by atoms with van der Waals surface area (Å²) in [5, 5.41) is 12.1. The maximum absolute atomic E-state index is 12.9. The van der Waals surface area contributed by atoms with Crippen molar-refractivity contribution in [1.29, 1.82) is 0 Å². The van der Waals surface area contributed by atoms with Gasteiger partial charge in [0.05, 0.1) is 18.2 Å². The lowest BCUT2D eigenvalue weighted by molar-refractivity contribution is 0.0719. The number of halogens is 1. The van der Waals surface area contributed by atoms with Gasteiger partial charge in [-0.15, -0.1) is 0 Å². The van der Waals surface area contributed by atoms with Crippen molar-refractivity contribution in [3.8, 4) is 11.5 Å². The van der Waals surface area contributed by atoms with Crippen LogP contribution < -0.4 is 9.47 Å². The number of likely N-dealkylation sites (tertiary alicyclic amines) is 1. The van der Waals surface area contributed by atoms with E-state index in [1.807, 2.05) is 6.92 Å². The molecule has 1 fully saturated rings. The zero-order chi connectivity index (χ0) is 20.4. The van der Waals surface area contributed by atoms with Crippen LogP contribution in [0.25, 0.3) is 0 Å². The third kappa shape index (κ3) is 3.91. The number of hydrogen-bond donors (Lipinski definition) is 0. The first-order chi connectivity index (χ1) is 14.1. The van der Waals surface area contributed by atoms with Crippen molar-refractivity contribution in [2.75, 3.05) is 13.7 Å². The van der Waals surface area contributed by atoms with Crippen molar-refractivity contribution in [2.24, 2.45) is 0 Å². The normalized spacial score (nSPS) is 16.2. The molecule has 0 radical (unpaired) electrons. The van der Waals surface area contributed by atoms with E-state index in [0.29, 0.717) is 40.2 Å². The van der Waals surface area contributed by atoms with Crippen molar-refractivity contribution in [3.05, 3.63) is 52.1 Å². The molecule has 1 aromatic carbocycles. The van der Waals surface area contributed by atoms with Gasteiger partial charge in [-0.2, -0.15) is 0 Å². The van der Waals surface area contributed by atoms with Crippen LogP contribution in [0.2, 0.25) is 5.02 Å². The minimum atomic E-state index is -0.229. The van der Waals surface area contributed by atoms with Crippen LogP contribution in [0.4, 0.5) is 0 Å². The Kier molecular flexibility index (Phi) is 5.39. The Hall–Kier alpha value is -3.07. The Balaban J connectivity index is 1.43. The molecule has 10 heteroatoms. The lowest BCUT2D eigenvalue weighted by atomic mass is 10.1. The fourth-order valence-corrected chi connectivity index (χ4v) is 3.56. The molecular formula is C19H19ClN4O5. The third-order valence-electron chi connectivity index (χ3n) is 4.80. The van der Waals surface area contributed by atoms with Crippen LogP contribution in [0, 0.1) is 6.92 Å². The van der Waals surface area contributed by atoms with Crippen LogP contribution in [0.1, 0.15) is 46.5 Å². The first kappa shape index (κ1) is 19.3. The quantitative estimate of drug-likeness (QED) is 0.598. The second-order valence-corrected chi connectivity index (χ2v) is 7.06. The first-order valence-corrected chi connectivity index (χ1v) is 9.46. The van der Waals surface area contributed by atoms with Crippen LogP contribution in [0.5, 0.6) is 11.5 Å². The molecule has 0 spiro atoms. The number of amides is 1. The average molecular weight is 419 g/mol. The highest BCUT2D eigenvalue weighted by atomic mass is 35.5. The SMILES string of the molecule is COc1ccc(OCc2cc(C(=O)N3CCC[C@@H]3c3nonc3C)no2)c(Cl)c1. The molecule has 3 heterocycles. The standard InChI is InChI=1S/C19H19ClN4O5/c1-11-18(23-29-21-11)16-4-3-7-24(16)19(25)15-9-13(28-22-15)10-27-17-6-5-12(26-2)8-14(17)20/h5-6,8-9,16H,3-4,7,10H2,1-2H3/t16-/m1/s1. The van der Waals surface area contributed by atoms with Gasteiger partial charge in [0.1, 0.15) is 29.5 Å². The maximum atomic E-state index is 12.9. The minimum Gasteiger partial charge on any atom is -0.497 e. The third-order valence-corrected chi connectivity index (χ3v) is 5.10. The van der Waals surface area contributed by atoms with Gasteiger partial charge in [-0.05, 0) is 31.9 Å².